The lowest BCUT2D eigenvalue weighted by Gasteiger charge is -2.08. The normalized spacial score (nSPS) is 11.1. The van der Waals surface area contributed by atoms with Crippen LogP contribution >= 0.6 is 11.6 Å². The van der Waals surface area contributed by atoms with E-state index in [4.69, 9.17) is 16.3 Å². The van der Waals surface area contributed by atoms with E-state index in [9.17, 15) is 4.79 Å². The third-order valence-corrected chi connectivity index (χ3v) is 4.08. The number of esters is 1. The van der Waals surface area contributed by atoms with Crippen molar-refractivity contribution in [2.75, 3.05) is 6.61 Å². The fourth-order valence-electron chi connectivity index (χ4n) is 2.73. The first kappa shape index (κ1) is 15.5. The summed E-state index contributed by atoms with van der Waals surface area (Å²) in [5, 5.41) is 9.91. The van der Waals surface area contributed by atoms with Crippen LogP contribution in [0, 0.1) is 0 Å². The summed E-state index contributed by atoms with van der Waals surface area (Å²) in [6.07, 6.45) is 1.69. The molecule has 0 atom stereocenters. The minimum Gasteiger partial charge on any atom is -0.462 e. The van der Waals surface area contributed by atoms with Crippen LogP contribution in [0.25, 0.3) is 28.1 Å². The molecule has 3 aromatic heterocycles. The van der Waals surface area contributed by atoms with Gasteiger partial charge in [0.15, 0.2) is 11.5 Å². The Hall–Kier alpha value is -2.99. The monoisotopic (exact) mass is 352 g/mol. The van der Waals surface area contributed by atoms with Crippen LogP contribution < -0.4 is 0 Å². The summed E-state index contributed by atoms with van der Waals surface area (Å²) in [7, 11) is 0. The van der Waals surface area contributed by atoms with E-state index < -0.39 is 5.97 Å². The first-order valence-electron chi connectivity index (χ1n) is 7.75. The molecule has 0 bridgehead atoms. The predicted molar refractivity (Wildman–Crippen MR) is 94.7 cm³/mol. The van der Waals surface area contributed by atoms with E-state index >= 15 is 0 Å². The maximum Gasteiger partial charge on any atom is 0.342 e. The lowest BCUT2D eigenvalue weighted by Crippen LogP contribution is -2.08. The molecular weight excluding hydrogens is 340 g/mol. The molecule has 0 saturated carbocycles. The van der Waals surface area contributed by atoms with E-state index in [1.54, 1.807) is 35.7 Å². The second-order valence-electron chi connectivity index (χ2n) is 5.38. The van der Waals surface area contributed by atoms with Crippen molar-refractivity contribution in [3.63, 3.8) is 0 Å². The zero-order chi connectivity index (χ0) is 17.4. The summed E-state index contributed by atoms with van der Waals surface area (Å²) in [6.45, 7) is 2.05. The van der Waals surface area contributed by atoms with Gasteiger partial charge in [-0.2, -0.15) is 0 Å². The van der Waals surface area contributed by atoms with Crippen molar-refractivity contribution in [3.05, 3.63) is 59.2 Å². The molecule has 25 heavy (non-hydrogen) atoms. The first-order valence-corrected chi connectivity index (χ1v) is 8.12. The fraction of sp³-hybridized carbons (Fsp3) is 0.111. The van der Waals surface area contributed by atoms with Crippen LogP contribution in [0.15, 0.2) is 48.7 Å². The first-order chi connectivity index (χ1) is 12.2. The van der Waals surface area contributed by atoms with Crippen molar-refractivity contribution in [2.24, 2.45) is 0 Å². The second kappa shape index (κ2) is 6.14. The predicted octanol–water partition coefficient (Wildman–Crippen LogP) is 3.77. The van der Waals surface area contributed by atoms with Crippen LogP contribution in [0.4, 0.5) is 0 Å². The number of benzene rings is 1. The summed E-state index contributed by atoms with van der Waals surface area (Å²) in [5.74, 6) is 0.148. The molecule has 0 aliphatic carbocycles. The van der Waals surface area contributed by atoms with Gasteiger partial charge in [-0.05, 0) is 49.4 Å². The van der Waals surface area contributed by atoms with Gasteiger partial charge in [0.05, 0.1) is 6.61 Å². The molecule has 1 aromatic carbocycles. The number of aromatic nitrogens is 4. The number of fused-ring (bicyclic) bond motifs is 3. The van der Waals surface area contributed by atoms with Gasteiger partial charge >= 0.3 is 5.97 Å². The van der Waals surface area contributed by atoms with Gasteiger partial charge in [-0.1, -0.05) is 11.6 Å². The number of halogens is 1. The molecular formula is C18H13ClN4O2. The Labute approximate surface area is 148 Å². The van der Waals surface area contributed by atoms with Crippen LogP contribution in [-0.2, 0) is 4.74 Å². The second-order valence-corrected chi connectivity index (χ2v) is 5.82. The van der Waals surface area contributed by atoms with Crippen molar-refractivity contribution >= 4 is 34.3 Å². The highest BCUT2D eigenvalue weighted by molar-refractivity contribution is 6.30. The zero-order valence-electron chi connectivity index (χ0n) is 13.3. The molecule has 0 aliphatic rings. The zero-order valence-corrected chi connectivity index (χ0v) is 14.1. The Morgan fingerprint density at radius 1 is 1.16 bits per heavy atom. The number of ether oxygens (including phenoxy) is 1. The minimum atomic E-state index is -0.437. The fourth-order valence-corrected chi connectivity index (χ4v) is 2.86. The lowest BCUT2D eigenvalue weighted by atomic mass is 10.1. The topological polar surface area (TPSA) is 69.4 Å². The highest BCUT2D eigenvalue weighted by Crippen LogP contribution is 2.26. The van der Waals surface area contributed by atoms with Gasteiger partial charge in [0.25, 0.3) is 0 Å². The molecule has 0 amide bonds. The summed E-state index contributed by atoms with van der Waals surface area (Å²) in [6, 6.07) is 12.7. The summed E-state index contributed by atoms with van der Waals surface area (Å²) >= 11 is 5.97. The maximum absolute atomic E-state index is 12.4. The van der Waals surface area contributed by atoms with E-state index in [-0.39, 0.29) is 6.61 Å². The lowest BCUT2D eigenvalue weighted by molar-refractivity contribution is 0.0528. The molecule has 0 N–H and O–H groups in total. The number of nitrogens with zero attached hydrogens (tertiary/aromatic N) is 4. The molecule has 124 valence electrons. The smallest absolute Gasteiger partial charge is 0.342 e. The van der Waals surface area contributed by atoms with E-state index in [0.29, 0.717) is 27.7 Å². The molecule has 0 radical (unpaired) electrons. The highest BCUT2D eigenvalue weighted by atomic mass is 35.5. The van der Waals surface area contributed by atoms with Gasteiger partial charge in [-0.25, -0.2) is 9.78 Å². The van der Waals surface area contributed by atoms with E-state index in [0.717, 1.165) is 10.9 Å². The van der Waals surface area contributed by atoms with Crippen LogP contribution in [0.1, 0.15) is 17.3 Å². The van der Waals surface area contributed by atoms with Gasteiger partial charge in [-0.15, -0.1) is 10.2 Å². The molecule has 0 spiro atoms. The quantitative estimate of drug-likeness (QED) is 0.525. The van der Waals surface area contributed by atoms with Gasteiger partial charge in [0.1, 0.15) is 11.2 Å². The Bertz CT molecular complexity index is 1090. The van der Waals surface area contributed by atoms with Crippen molar-refractivity contribution in [1.82, 2.24) is 19.6 Å². The number of carbonyl (C=O) groups is 1. The third kappa shape index (κ3) is 2.60. The summed E-state index contributed by atoms with van der Waals surface area (Å²) < 4.78 is 6.93. The average molecular weight is 353 g/mol. The Balaban J connectivity index is 2.06. The van der Waals surface area contributed by atoms with Gasteiger partial charge < -0.3 is 4.74 Å². The number of carbonyl (C=O) groups excluding carboxylic acids is 1. The SMILES string of the molecule is CCOC(=O)c1cc2cccnc2n2c(-c3ccc(Cl)cc3)nnc12. The van der Waals surface area contributed by atoms with Crippen LogP contribution in [0.3, 0.4) is 0 Å². The van der Waals surface area contributed by atoms with Crippen LogP contribution in [0.2, 0.25) is 5.02 Å². The highest BCUT2D eigenvalue weighted by Gasteiger charge is 2.20. The third-order valence-electron chi connectivity index (χ3n) is 3.83. The molecule has 4 rings (SSSR count). The van der Waals surface area contributed by atoms with Gasteiger partial charge in [0, 0.05) is 22.2 Å². The van der Waals surface area contributed by atoms with Gasteiger partial charge in [-0.3, -0.25) is 4.40 Å². The Morgan fingerprint density at radius 3 is 2.72 bits per heavy atom. The number of rotatable bonds is 3. The van der Waals surface area contributed by atoms with Crippen LogP contribution in [0.5, 0.6) is 0 Å². The molecule has 0 saturated heterocycles. The average Bonchev–Trinajstić information content (AvgIpc) is 3.07. The Kier molecular flexibility index (Phi) is 3.82. The molecule has 6 nitrogen and oxygen atoms in total. The van der Waals surface area contributed by atoms with Crippen molar-refractivity contribution < 1.29 is 9.53 Å². The van der Waals surface area contributed by atoms with Gasteiger partial charge in [0.2, 0.25) is 0 Å². The molecule has 0 fully saturated rings. The van der Waals surface area contributed by atoms with E-state index in [1.807, 2.05) is 24.3 Å². The van der Waals surface area contributed by atoms with Crippen molar-refractivity contribution in [2.45, 2.75) is 6.92 Å². The number of hydrogen-bond acceptors (Lipinski definition) is 5. The largest absolute Gasteiger partial charge is 0.462 e. The molecule has 0 aliphatic heterocycles. The summed E-state index contributed by atoms with van der Waals surface area (Å²) in [4.78, 5) is 16.8. The minimum absolute atomic E-state index is 0.286. The van der Waals surface area contributed by atoms with Crippen LogP contribution in [-0.4, -0.2) is 32.2 Å². The Morgan fingerprint density at radius 2 is 1.96 bits per heavy atom. The maximum atomic E-state index is 12.4. The van der Waals surface area contributed by atoms with E-state index in [2.05, 4.69) is 15.2 Å². The summed E-state index contributed by atoms with van der Waals surface area (Å²) in [5.41, 5.74) is 2.26. The molecule has 4 aromatic rings. The molecule has 3 heterocycles. The van der Waals surface area contributed by atoms with E-state index in [1.165, 1.54) is 0 Å². The molecule has 7 heteroatoms. The number of hydrogen-bond donors (Lipinski definition) is 0. The molecule has 0 unspecified atom stereocenters. The number of pyridine rings is 2. The standard InChI is InChI=1S/C18H13ClN4O2/c1-2-25-18(24)14-10-12-4-3-9-20-15(12)23-16(21-22-17(14)23)11-5-7-13(19)8-6-11/h3-10H,2H2,1H3. The van der Waals surface area contributed by atoms with Crippen molar-refractivity contribution in [3.8, 4) is 11.4 Å². The van der Waals surface area contributed by atoms with Crippen molar-refractivity contribution in [1.29, 1.82) is 0 Å².